The summed E-state index contributed by atoms with van der Waals surface area (Å²) in [6.45, 7) is 6.54. The molecule has 2 rings (SSSR count). The molecule has 6 nitrogen and oxygen atoms in total. The van der Waals surface area contributed by atoms with E-state index in [0.717, 1.165) is 5.56 Å². The molecule has 0 bridgehead atoms. The van der Waals surface area contributed by atoms with Gasteiger partial charge in [-0.25, -0.2) is 4.79 Å². The van der Waals surface area contributed by atoms with Crippen LogP contribution in [0.5, 0.6) is 11.5 Å². The van der Waals surface area contributed by atoms with Crippen molar-refractivity contribution in [3.8, 4) is 11.5 Å². The highest BCUT2D eigenvalue weighted by molar-refractivity contribution is 5.92. The lowest BCUT2D eigenvalue weighted by Gasteiger charge is -2.15. The zero-order chi connectivity index (χ0) is 20.5. The second kappa shape index (κ2) is 10.3. The van der Waals surface area contributed by atoms with E-state index >= 15 is 0 Å². The number of carbonyl (C=O) groups excluding carboxylic acids is 2. The van der Waals surface area contributed by atoms with Crippen LogP contribution < -0.4 is 14.8 Å². The third-order valence-corrected chi connectivity index (χ3v) is 3.93. The van der Waals surface area contributed by atoms with Gasteiger partial charge in [0.25, 0.3) is 5.91 Å². The summed E-state index contributed by atoms with van der Waals surface area (Å²) in [4.78, 5) is 24.6. The largest absolute Gasteiger partial charge is 0.493 e. The first-order valence-corrected chi connectivity index (χ1v) is 9.24. The number of ether oxygens (including phenoxy) is 3. The molecule has 0 aliphatic carbocycles. The van der Waals surface area contributed by atoms with Gasteiger partial charge in [0.2, 0.25) is 0 Å². The third kappa shape index (κ3) is 6.30. The molecule has 0 radical (unpaired) electrons. The van der Waals surface area contributed by atoms with Crippen molar-refractivity contribution >= 4 is 11.9 Å². The van der Waals surface area contributed by atoms with Crippen LogP contribution in [0, 0.1) is 5.92 Å². The van der Waals surface area contributed by atoms with Crippen LogP contribution >= 0.6 is 0 Å². The van der Waals surface area contributed by atoms with E-state index in [0.29, 0.717) is 30.6 Å². The predicted octanol–water partition coefficient (Wildman–Crippen LogP) is 3.59. The average molecular weight is 385 g/mol. The number of benzene rings is 2. The molecule has 0 fully saturated rings. The summed E-state index contributed by atoms with van der Waals surface area (Å²) in [5.74, 6) is 0.402. The molecule has 0 aliphatic heterocycles. The van der Waals surface area contributed by atoms with E-state index in [1.54, 1.807) is 18.2 Å². The Morgan fingerprint density at radius 1 is 1.00 bits per heavy atom. The number of hydrogen-bond donors (Lipinski definition) is 1. The Kier molecular flexibility index (Phi) is 7.87. The molecule has 28 heavy (non-hydrogen) atoms. The molecule has 1 N–H and O–H groups in total. The first kappa shape index (κ1) is 21.3. The van der Waals surface area contributed by atoms with Gasteiger partial charge in [0.05, 0.1) is 19.3 Å². The highest BCUT2D eigenvalue weighted by Gasteiger charge is 2.20. The van der Waals surface area contributed by atoms with Crippen molar-refractivity contribution in [3.63, 3.8) is 0 Å². The summed E-state index contributed by atoms with van der Waals surface area (Å²) >= 11 is 0. The number of rotatable bonds is 9. The molecule has 2 aromatic rings. The minimum Gasteiger partial charge on any atom is -0.493 e. The summed E-state index contributed by atoms with van der Waals surface area (Å²) in [5.41, 5.74) is 1.26. The van der Waals surface area contributed by atoms with Crippen LogP contribution in [0.1, 0.15) is 36.7 Å². The van der Waals surface area contributed by atoms with Crippen molar-refractivity contribution in [1.29, 1.82) is 0 Å². The molecule has 1 amide bonds. The normalized spacial score (nSPS) is 11.6. The van der Waals surface area contributed by atoms with Crippen LogP contribution in [0.4, 0.5) is 0 Å². The van der Waals surface area contributed by atoms with Crippen molar-refractivity contribution in [1.82, 2.24) is 5.32 Å². The van der Waals surface area contributed by atoms with Crippen LogP contribution in [0.3, 0.4) is 0 Å². The lowest BCUT2D eigenvalue weighted by atomic mass is 10.2. The van der Waals surface area contributed by atoms with E-state index in [1.807, 2.05) is 44.2 Å². The molecule has 0 spiro atoms. The maximum Gasteiger partial charge on any atom is 0.339 e. The van der Waals surface area contributed by atoms with Gasteiger partial charge in [-0.1, -0.05) is 44.2 Å². The van der Waals surface area contributed by atoms with E-state index in [1.165, 1.54) is 14.0 Å². The highest BCUT2D eigenvalue weighted by atomic mass is 16.5. The Bertz CT molecular complexity index is 789. The number of methoxy groups -OCH3 is 1. The Balaban J connectivity index is 1.94. The van der Waals surface area contributed by atoms with E-state index in [4.69, 9.17) is 14.2 Å². The molecule has 150 valence electrons. The second-order valence-corrected chi connectivity index (χ2v) is 6.82. The van der Waals surface area contributed by atoms with E-state index in [9.17, 15) is 9.59 Å². The average Bonchev–Trinajstić information content (AvgIpc) is 2.70. The molecule has 0 aliphatic rings. The van der Waals surface area contributed by atoms with Gasteiger partial charge in [-0.2, -0.15) is 0 Å². The van der Waals surface area contributed by atoms with Crippen molar-refractivity contribution in [2.75, 3.05) is 13.7 Å². The molecule has 0 saturated heterocycles. The predicted molar refractivity (Wildman–Crippen MR) is 106 cm³/mol. The van der Waals surface area contributed by atoms with Gasteiger partial charge in [0, 0.05) is 6.54 Å². The fourth-order valence-electron chi connectivity index (χ4n) is 2.38. The topological polar surface area (TPSA) is 73.9 Å². The number of amides is 1. The number of esters is 1. The van der Waals surface area contributed by atoms with Crippen molar-refractivity contribution in [2.24, 2.45) is 5.92 Å². The lowest BCUT2D eigenvalue weighted by Crippen LogP contribution is -2.35. The number of carbonyl (C=O) groups is 2. The molecule has 1 unspecified atom stereocenters. The van der Waals surface area contributed by atoms with Crippen LogP contribution in [0.25, 0.3) is 0 Å². The Morgan fingerprint density at radius 3 is 2.36 bits per heavy atom. The zero-order valence-electron chi connectivity index (χ0n) is 16.7. The highest BCUT2D eigenvalue weighted by Crippen LogP contribution is 2.29. The summed E-state index contributed by atoms with van der Waals surface area (Å²) in [6.07, 6.45) is -0.918. The van der Waals surface area contributed by atoms with Crippen LogP contribution in [-0.4, -0.2) is 31.7 Å². The molecule has 0 saturated carbocycles. The van der Waals surface area contributed by atoms with Crippen molar-refractivity contribution < 1.29 is 23.8 Å². The maximum absolute atomic E-state index is 12.4. The number of hydrogen-bond acceptors (Lipinski definition) is 5. The van der Waals surface area contributed by atoms with Gasteiger partial charge in [-0.05, 0) is 36.6 Å². The van der Waals surface area contributed by atoms with Gasteiger partial charge < -0.3 is 19.5 Å². The number of nitrogens with one attached hydrogen (secondary N) is 1. The smallest absolute Gasteiger partial charge is 0.339 e. The quantitative estimate of drug-likeness (QED) is 0.668. The lowest BCUT2D eigenvalue weighted by molar-refractivity contribution is -0.129. The SMILES string of the molecule is COc1cc(C(=O)OC(C)C(=O)NCc2ccccc2)ccc1OCC(C)C. The van der Waals surface area contributed by atoms with Crippen LogP contribution in [0.2, 0.25) is 0 Å². The summed E-state index contributed by atoms with van der Waals surface area (Å²) in [7, 11) is 1.51. The molecule has 2 aromatic carbocycles. The molecular weight excluding hydrogens is 358 g/mol. The van der Waals surface area contributed by atoms with E-state index in [-0.39, 0.29) is 11.5 Å². The third-order valence-electron chi connectivity index (χ3n) is 3.93. The van der Waals surface area contributed by atoms with Gasteiger partial charge in [-0.15, -0.1) is 0 Å². The first-order valence-electron chi connectivity index (χ1n) is 9.24. The van der Waals surface area contributed by atoms with Gasteiger partial charge in [0.15, 0.2) is 17.6 Å². The second-order valence-electron chi connectivity index (χ2n) is 6.82. The van der Waals surface area contributed by atoms with Gasteiger partial charge >= 0.3 is 5.97 Å². The van der Waals surface area contributed by atoms with Crippen molar-refractivity contribution in [3.05, 3.63) is 59.7 Å². The van der Waals surface area contributed by atoms with Crippen LogP contribution in [-0.2, 0) is 16.1 Å². The maximum atomic E-state index is 12.4. The van der Waals surface area contributed by atoms with Gasteiger partial charge in [-0.3, -0.25) is 4.79 Å². The fourth-order valence-corrected chi connectivity index (χ4v) is 2.38. The van der Waals surface area contributed by atoms with E-state index in [2.05, 4.69) is 5.32 Å². The monoisotopic (exact) mass is 385 g/mol. The minimum absolute atomic E-state index is 0.288. The Hall–Kier alpha value is -3.02. The molecule has 0 heterocycles. The molecule has 6 heteroatoms. The standard InChI is InChI=1S/C22H27NO5/c1-15(2)14-27-19-11-10-18(12-20(19)26-4)22(25)28-16(3)21(24)23-13-17-8-6-5-7-9-17/h5-12,15-16H,13-14H2,1-4H3,(H,23,24). The summed E-state index contributed by atoms with van der Waals surface area (Å²) in [5, 5.41) is 2.75. The van der Waals surface area contributed by atoms with Gasteiger partial charge in [0.1, 0.15) is 0 Å². The Labute approximate surface area is 165 Å². The summed E-state index contributed by atoms with van der Waals surface area (Å²) < 4.78 is 16.2. The molecule has 1 atom stereocenters. The fraction of sp³-hybridized carbons (Fsp3) is 0.364. The van der Waals surface area contributed by atoms with Crippen LogP contribution in [0.15, 0.2) is 48.5 Å². The zero-order valence-corrected chi connectivity index (χ0v) is 16.7. The van der Waals surface area contributed by atoms with Crippen molar-refractivity contribution in [2.45, 2.75) is 33.4 Å². The first-order chi connectivity index (χ1) is 13.4. The summed E-state index contributed by atoms with van der Waals surface area (Å²) in [6, 6.07) is 14.3. The molecular formula is C22H27NO5. The molecule has 0 aromatic heterocycles. The Morgan fingerprint density at radius 2 is 1.71 bits per heavy atom. The minimum atomic E-state index is -0.918. The van der Waals surface area contributed by atoms with E-state index < -0.39 is 12.1 Å².